The van der Waals surface area contributed by atoms with Gasteiger partial charge in [0.1, 0.15) is 5.75 Å². The summed E-state index contributed by atoms with van der Waals surface area (Å²) < 4.78 is 23.7. The van der Waals surface area contributed by atoms with Gasteiger partial charge in [0.05, 0.1) is 9.40 Å². The van der Waals surface area contributed by atoms with Crippen LogP contribution in [0.5, 0.6) is 5.75 Å². The number of hydrogen-bond acceptors (Lipinski definition) is 6. The Labute approximate surface area is 165 Å². The van der Waals surface area contributed by atoms with Gasteiger partial charge < -0.3 is 14.8 Å². The number of carbonyl (C=O) groups excluding carboxylic acids is 2. The maximum absolute atomic E-state index is 13.2. The summed E-state index contributed by atoms with van der Waals surface area (Å²) in [6, 6.07) is 7.55. The number of carbonyl (C=O) groups is 2. The van der Waals surface area contributed by atoms with Gasteiger partial charge in [-0.25, -0.2) is 4.79 Å². The van der Waals surface area contributed by atoms with Gasteiger partial charge in [-0.2, -0.15) is 4.39 Å². The zero-order valence-corrected chi connectivity index (χ0v) is 15.8. The molecule has 11 heteroatoms. The zero-order chi connectivity index (χ0) is 20.0. The van der Waals surface area contributed by atoms with E-state index in [4.69, 9.17) is 21.1 Å². The fourth-order valence-corrected chi connectivity index (χ4v) is 2.64. The molecule has 2 rings (SSSR count). The minimum atomic E-state index is -1.03. The number of halogens is 3. The number of nitrogens with one attached hydrogen (secondary N) is 1. The molecular weight excluding hydrogens is 451 g/mol. The van der Waals surface area contributed by atoms with Gasteiger partial charge in [-0.05, 0) is 46.3 Å². The number of rotatable bonds is 7. The standard InChI is InChI=1S/C16H11BrClFN2O6/c17-11-5-9(18)1-4-14(11)26-8-16(23)27-7-15(22)20-10-2-3-12(19)13(6-10)21(24)25/h1-6H,7-8H2,(H,20,22). The Morgan fingerprint density at radius 2 is 1.96 bits per heavy atom. The summed E-state index contributed by atoms with van der Waals surface area (Å²) in [5.41, 5.74) is -0.794. The number of amides is 1. The fourth-order valence-electron chi connectivity index (χ4n) is 1.84. The first kappa shape index (κ1) is 20.6. The summed E-state index contributed by atoms with van der Waals surface area (Å²) in [7, 11) is 0. The first-order chi connectivity index (χ1) is 12.8. The van der Waals surface area contributed by atoms with Crippen molar-refractivity contribution >= 4 is 50.8 Å². The number of anilines is 1. The second-order valence-electron chi connectivity index (χ2n) is 5.00. The Kier molecular flexibility index (Phi) is 7.08. The first-order valence-corrected chi connectivity index (χ1v) is 8.40. The van der Waals surface area contributed by atoms with Crippen molar-refractivity contribution in [2.24, 2.45) is 0 Å². The van der Waals surface area contributed by atoms with Crippen LogP contribution in [0.3, 0.4) is 0 Å². The number of nitro benzene ring substituents is 1. The average molecular weight is 462 g/mol. The van der Waals surface area contributed by atoms with Crippen LogP contribution in [0, 0.1) is 15.9 Å². The van der Waals surface area contributed by atoms with Crippen molar-refractivity contribution in [3.63, 3.8) is 0 Å². The lowest BCUT2D eigenvalue weighted by Gasteiger charge is -2.09. The van der Waals surface area contributed by atoms with Crippen LogP contribution >= 0.6 is 27.5 Å². The van der Waals surface area contributed by atoms with Crippen molar-refractivity contribution < 1.29 is 28.4 Å². The molecule has 0 aliphatic rings. The van der Waals surface area contributed by atoms with Crippen LogP contribution in [-0.2, 0) is 14.3 Å². The molecule has 1 N–H and O–H groups in total. The number of ether oxygens (including phenoxy) is 2. The monoisotopic (exact) mass is 460 g/mol. The van der Waals surface area contributed by atoms with Gasteiger partial charge in [-0.3, -0.25) is 14.9 Å². The molecule has 0 aliphatic heterocycles. The molecule has 0 heterocycles. The van der Waals surface area contributed by atoms with Gasteiger partial charge in [0.2, 0.25) is 5.82 Å². The number of hydrogen-bond donors (Lipinski definition) is 1. The second kappa shape index (κ2) is 9.28. The summed E-state index contributed by atoms with van der Waals surface area (Å²) in [6.45, 7) is -1.09. The third kappa shape index (κ3) is 6.19. The van der Waals surface area contributed by atoms with E-state index in [0.29, 0.717) is 15.2 Å². The van der Waals surface area contributed by atoms with Gasteiger partial charge in [-0.15, -0.1) is 0 Å². The Balaban J connectivity index is 1.82. The highest BCUT2D eigenvalue weighted by molar-refractivity contribution is 9.10. The van der Waals surface area contributed by atoms with E-state index in [1.807, 2.05) is 0 Å². The molecule has 0 saturated carbocycles. The van der Waals surface area contributed by atoms with Crippen LogP contribution < -0.4 is 10.1 Å². The van der Waals surface area contributed by atoms with Gasteiger partial charge in [-0.1, -0.05) is 11.6 Å². The van der Waals surface area contributed by atoms with Gasteiger partial charge in [0.15, 0.2) is 13.2 Å². The Morgan fingerprint density at radius 1 is 1.22 bits per heavy atom. The van der Waals surface area contributed by atoms with E-state index >= 15 is 0 Å². The molecule has 2 aromatic rings. The van der Waals surface area contributed by atoms with Crippen LogP contribution in [0.25, 0.3) is 0 Å². The summed E-state index contributed by atoms with van der Waals surface area (Å²) in [5.74, 6) is -2.23. The summed E-state index contributed by atoms with van der Waals surface area (Å²) >= 11 is 9.00. The molecule has 27 heavy (non-hydrogen) atoms. The molecule has 0 bridgehead atoms. The van der Waals surface area contributed by atoms with Crippen molar-refractivity contribution in [3.8, 4) is 5.75 Å². The highest BCUT2D eigenvalue weighted by Gasteiger charge is 2.16. The third-order valence-electron chi connectivity index (χ3n) is 3.03. The van der Waals surface area contributed by atoms with Crippen molar-refractivity contribution in [2.75, 3.05) is 18.5 Å². The minimum Gasteiger partial charge on any atom is -0.481 e. The van der Waals surface area contributed by atoms with Crippen molar-refractivity contribution in [3.05, 3.63) is 61.8 Å². The van der Waals surface area contributed by atoms with Crippen molar-refractivity contribution in [2.45, 2.75) is 0 Å². The van der Waals surface area contributed by atoms with E-state index in [1.165, 1.54) is 0 Å². The summed E-state index contributed by atoms with van der Waals surface area (Å²) in [5, 5.41) is 13.4. The summed E-state index contributed by atoms with van der Waals surface area (Å²) in [4.78, 5) is 33.1. The van der Waals surface area contributed by atoms with Gasteiger partial charge in [0.25, 0.3) is 5.91 Å². The number of nitro groups is 1. The van der Waals surface area contributed by atoms with Crippen LogP contribution in [0.4, 0.5) is 15.8 Å². The van der Waals surface area contributed by atoms with Gasteiger partial charge in [0, 0.05) is 16.8 Å². The van der Waals surface area contributed by atoms with Gasteiger partial charge >= 0.3 is 11.7 Å². The minimum absolute atomic E-state index is 0.00880. The number of esters is 1. The smallest absolute Gasteiger partial charge is 0.344 e. The maximum Gasteiger partial charge on any atom is 0.344 e. The van der Waals surface area contributed by atoms with Crippen LogP contribution in [0.1, 0.15) is 0 Å². The van der Waals surface area contributed by atoms with E-state index in [2.05, 4.69) is 21.2 Å². The first-order valence-electron chi connectivity index (χ1n) is 7.23. The van der Waals surface area contributed by atoms with E-state index < -0.39 is 41.5 Å². The molecule has 0 fully saturated rings. The predicted octanol–water partition coefficient (Wildman–Crippen LogP) is 3.71. The lowest BCUT2D eigenvalue weighted by atomic mass is 10.2. The molecule has 0 atom stereocenters. The Hall–Kier alpha value is -2.72. The van der Waals surface area contributed by atoms with E-state index in [0.717, 1.165) is 18.2 Å². The molecular formula is C16H11BrClFN2O6. The Bertz CT molecular complexity index is 895. The molecule has 0 saturated heterocycles. The predicted molar refractivity (Wildman–Crippen MR) is 97.3 cm³/mol. The van der Waals surface area contributed by atoms with Crippen LogP contribution in [0.2, 0.25) is 5.02 Å². The SMILES string of the molecule is O=C(COC(=O)COc1ccc(Cl)cc1Br)Nc1ccc(F)c([N+](=O)[O-])c1. The molecule has 0 radical (unpaired) electrons. The lowest BCUT2D eigenvalue weighted by molar-refractivity contribution is -0.387. The molecule has 8 nitrogen and oxygen atoms in total. The fraction of sp³-hybridized carbons (Fsp3) is 0.125. The molecule has 142 valence electrons. The third-order valence-corrected chi connectivity index (χ3v) is 3.89. The van der Waals surface area contributed by atoms with Crippen molar-refractivity contribution in [1.29, 1.82) is 0 Å². The molecule has 2 aromatic carbocycles. The van der Waals surface area contributed by atoms with E-state index in [-0.39, 0.29) is 5.69 Å². The van der Waals surface area contributed by atoms with E-state index in [1.54, 1.807) is 18.2 Å². The van der Waals surface area contributed by atoms with Crippen LogP contribution in [0.15, 0.2) is 40.9 Å². The molecule has 0 unspecified atom stereocenters. The highest BCUT2D eigenvalue weighted by Crippen LogP contribution is 2.27. The topological polar surface area (TPSA) is 108 Å². The maximum atomic E-state index is 13.2. The number of benzene rings is 2. The highest BCUT2D eigenvalue weighted by atomic mass is 79.9. The zero-order valence-electron chi connectivity index (χ0n) is 13.4. The lowest BCUT2D eigenvalue weighted by Crippen LogP contribution is -2.23. The quantitative estimate of drug-likeness (QED) is 0.383. The summed E-state index contributed by atoms with van der Waals surface area (Å²) in [6.07, 6.45) is 0. The van der Waals surface area contributed by atoms with Crippen molar-refractivity contribution in [1.82, 2.24) is 0 Å². The molecule has 1 amide bonds. The van der Waals surface area contributed by atoms with E-state index in [9.17, 15) is 24.1 Å². The second-order valence-corrected chi connectivity index (χ2v) is 6.29. The number of nitrogens with zero attached hydrogens (tertiary/aromatic N) is 1. The average Bonchev–Trinajstić information content (AvgIpc) is 2.60. The largest absolute Gasteiger partial charge is 0.481 e. The van der Waals surface area contributed by atoms with Crippen LogP contribution in [-0.4, -0.2) is 30.0 Å². The molecule has 0 aromatic heterocycles. The molecule has 0 spiro atoms. The molecule has 0 aliphatic carbocycles. The normalized spacial score (nSPS) is 10.2. The Morgan fingerprint density at radius 3 is 2.63 bits per heavy atom.